The lowest BCUT2D eigenvalue weighted by Crippen LogP contribution is -1.99. The highest BCUT2D eigenvalue weighted by Crippen LogP contribution is 2.24. The number of aromatic hydroxyl groups is 1. The Morgan fingerprint density at radius 2 is 2.08 bits per heavy atom. The van der Waals surface area contributed by atoms with Gasteiger partial charge in [-0.3, -0.25) is 0 Å². The molecule has 0 heterocycles. The van der Waals surface area contributed by atoms with Crippen LogP contribution < -0.4 is 5.73 Å². The monoisotopic (exact) mass is 167 g/mol. The maximum atomic E-state index is 10.5. The molecule has 0 aliphatic rings. The molecule has 12 heavy (non-hydrogen) atoms. The molecule has 1 aromatic carbocycles. The number of phenols is 1. The van der Waals surface area contributed by atoms with E-state index >= 15 is 0 Å². The van der Waals surface area contributed by atoms with Crippen LogP contribution in [0, 0.1) is 6.92 Å². The topological polar surface area (TPSA) is 83.6 Å². The molecule has 0 atom stereocenters. The average molecular weight is 167 g/mol. The van der Waals surface area contributed by atoms with Crippen molar-refractivity contribution in [3.8, 4) is 5.75 Å². The van der Waals surface area contributed by atoms with Gasteiger partial charge in [0.1, 0.15) is 11.3 Å². The third kappa shape index (κ3) is 1.32. The summed E-state index contributed by atoms with van der Waals surface area (Å²) in [6, 6.07) is 2.74. The molecule has 0 spiro atoms. The molecule has 0 amide bonds. The molecule has 4 heteroatoms. The van der Waals surface area contributed by atoms with Gasteiger partial charge in [-0.15, -0.1) is 0 Å². The van der Waals surface area contributed by atoms with Gasteiger partial charge in [0.2, 0.25) is 0 Å². The van der Waals surface area contributed by atoms with Gasteiger partial charge in [-0.1, -0.05) is 0 Å². The number of aromatic carboxylic acids is 1. The summed E-state index contributed by atoms with van der Waals surface area (Å²) in [5, 5.41) is 17.9. The van der Waals surface area contributed by atoms with E-state index in [9.17, 15) is 9.90 Å². The van der Waals surface area contributed by atoms with Crippen molar-refractivity contribution in [2.24, 2.45) is 0 Å². The van der Waals surface area contributed by atoms with E-state index < -0.39 is 5.97 Å². The maximum absolute atomic E-state index is 10.5. The second kappa shape index (κ2) is 2.73. The number of rotatable bonds is 1. The summed E-state index contributed by atoms with van der Waals surface area (Å²) in [6.07, 6.45) is 0. The summed E-state index contributed by atoms with van der Waals surface area (Å²) in [6.45, 7) is 1.60. The molecule has 0 saturated carbocycles. The number of hydrogen-bond donors (Lipinski definition) is 3. The summed E-state index contributed by atoms with van der Waals surface area (Å²) in [4.78, 5) is 10.5. The van der Waals surface area contributed by atoms with Gasteiger partial charge < -0.3 is 15.9 Å². The lowest BCUT2D eigenvalue weighted by molar-refractivity contribution is 0.0693. The number of carboxylic acid groups (broad SMARTS) is 1. The molecule has 0 fully saturated rings. The summed E-state index contributed by atoms with van der Waals surface area (Å²) < 4.78 is 0. The number of nitrogens with two attached hydrogens (primary N) is 1. The number of anilines is 1. The van der Waals surface area contributed by atoms with Crippen LogP contribution in [0.2, 0.25) is 0 Å². The number of nitrogen functional groups attached to an aromatic ring is 1. The minimum Gasteiger partial charge on any atom is -0.507 e. The fourth-order valence-corrected chi connectivity index (χ4v) is 0.970. The predicted molar refractivity (Wildman–Crippen MR) is 44.2 cm³/mol. The number of aryl methyl sites for hydroxylation is 1. The van der Waals surface area contributed by atoms with Crippen molar-refractivity contribution in [2.75, 3.05) is 5.73 Å². The Morgan fingerprint density at radius 3 is 2.58 bits per heavy atom. The largest absolute Gasteiger partial charge is 0.507 e. The molecule has 1 aromatic rings. The Kier molecular flexibility index (Phi) is 1.91. The van der Waals surface area contributed by atoms with Crippen molar-refractivity contribution in [3.63, 3.8) is 0 Å². The number of hydrogen-bond acceptors (Lipinski definition) is 3. The van der Waals surface area contributed by atoms with Crippen LogP contribution in [0.3, 0.4) is 0 Å². The van der Waals surface area contributed by atoms with Gasteiger partial charge in [-0.2, -0.15) is 0 Å². The molecule has 64 valence electrons. The Morgan fingerprint density at radius 1 is 1.50 bits per heavy atom. The van der Waals surface area contributed by atoms with Crippen molar-refractivity contribution >= 4 is 11.7 Å². The molecule has 1 rings (SSSR count). The van der Waals surface area contributed by atoms with E-state index in [-0.39, 0.29) is 11.3 Å². The molecule has 0 aliphatic heterocycles. The van der Waals surface area contributed by atoms with Crippen molar-refractivity contribution in [1.82, 2.24) is 0 Å². The van der Waals surface area contributed by atoms with Crippen LogP contribution in [-0.4, -0.2) is 16.2 Å². The van der Waals surface area contributed by atoms with E-state index in [1.807, 2.05) is 0 Å². The summed E-state index contributed by atoms with van der Waals surface area (Å²) in [5.41, 5.74) is 6.03. The highest BCUT2D eigenvalue weighted by Gasteiger charge is 2.11. The van der Waals surface area contributed by atoms with E-state index in [0.717, 1.165) is 0 Å². The highest BCUT2D eigenvalue weighted by molar-refractivity contribution is 5.92. The SMILES string of the molecule is Cc1cc(N)cc(C(=O)O)c1O. The van der Waals surface area contributed by atoms with Crippen LogP contribution in [0.5, 0.6) is 5.75 Å². The highest BCUT2D eigenvalue weighted by atomic mass is 16.4. The summed E-state index contributed by atoms with van der Waals surface area (Å²) >= 11 is 0. The average Bonchev–Trinajstić information content (AvgIpc) is 1.96. The van der Waals surface area contributed by atoms with Crippen LogP contribution in [0.25, 0.3) is 0 Å². The first kappa shape index (κ1) is 8.39. The zero-order valence-electron chi connectivity index (χ0n) is 6.53. The van der Waals surface area contributed by atoms with E-state index in [1.165, 1.54) is 12.1 Å². The quantitative estimate of drug-likeness (QED) is 0.430. The Labute approximate surface area is 69.3 Å². The zero-order chi connectivity index (χ0) is 9.30. The third-order valence-electron chi connectivity index (χ3n) is 1.55. The normalized spacial score (nSPS) is 9.75. The third-order valence-corrected chi connectivity index (χ3v) is 1.55. The van der Waals surface area contributed by atoms with Gasteiger partial charge in [0.25, 0.3) is 0 Å². The molecule has 0 aliphatic carbocycles. The molecule has 0 bridgehead atoms. The van der Waals surface area contributed by atoms with E-state index in [1.54, 1.807) is 6.92 Å². The fourth-order valence-electron chi connectivity index (χ4n) is 0.970. The minimum atomic E-state index is -1.18. The molecular weight excluding hydrogens is 158 g/mol. The molecule has 0 aromatic heterocycles. The lowest BCUT2D eigenvalue weighted by atomic mass is 10.1. The first-order valence-corrected chi connectivity index (χ1v) is 3.34. The first-order chi connectivity index (χ1) is 5.52. The number of benzene rings is 1. The van der Waals surface area contributed by atoms with E-state index in [0.29, 0.717) is 11.3 Å². The van der Waals surface area contributed by atoms with Crippen LogP contribution in [0.4, 0.5) is 5.69 Å². The zero-order valence-corrected chi connectivity index (χ0v) is 6.53. The van der Waals surface area contributed by atoms with Crippen LogP contribution in [0.15, 0.2) is 12.1 Å². The number of carbonyl (C=O) groups is 1. The van der Waals surface area contributed by atoms with E-state index in [2.05, 4.69) is 0 Å². The standard InChI is InChI=1S/C8H9NO3/c1-4-2-5(9)3-6(7(4)10)8(11)12/h2-3,10H,9H2,1H3,(H,11,12). The molecule has 0 radical (unpaired) electrons. The molecular formula is C8H9NO3. The van der Waals surface area contributed by atoms with Crippen molar-refractivity contribution < 1.29 is 15.0 Å². The van der Waals surface area contributed by atoms with Crippen LogP contribution >= 0.6 is 0 Å². The van der Waals surface area contributed by atoms with Gasteiger partial charge in [0.05, 0.1) is 0 Å². The van der Waals surface area contributed by atoms with Crippen molar-refractivity contribution in [3.05, 3.63) is 23.3 Å². The van der Waals surface area contributed by atoms with Gasteiger partial charge in [0, 0.05) is 5.69 Å². The maximum Gasteiger partial charge on any atom is 0.339 e. The van der Waals surface area contributed by atoms with Gasteiger partial charge in [-0.05, 0) is 24.6 Å². The summed E-state index contributed by atoms with van der Waals surface area (Å²) in [7, 11) is 0. The smallest absolute Gasteiger partial charge is 0.339 e. The molecule has 0 saturated heterocycles. The van der Waals surface area contributed by atoms with Crippen LogP contribution in [-0.2, 0) is 0 Å². The molecule has 4 nitrogen and oxygen atoms in total. The molecule has 0 unspecified atom stereocenters. The van der Waals surface area contributed by atoms with E-state index in [4.69, 9.17) is 10.8 Å². The number of carboxylic acids is 1. The van der Waals surface area contributed by atoms with Crippen LogP contribution in [0.1, 0.15) is 15.9 Å². The second-order valence-corrected chi connectivity index (χ2v) is 2.54. The Hall–Kier alpha value is -1.71. The van der Waals surface area contributed by atoms with Gasteiger partial charge >= 0.3 is 5.97 Å². The van der Waals surface area contributed by atoms with Crippen molar-refractivity contribution in [1.29, 1.82) is 0 Å². The predicted octanol–water partition coefficient (Wildman–Crippen LogP) is 0.981. The summed E-state index contributed by atoms with van der Waals surface area (Å²) in [5.74, 6) is -1.40. The Bertz CT molecular complexity index is 333. The molecule has 4 N–H and O–H groups in total. The van der Waals surface area contributed by atoms with Gasteiger partial charge in [-0.25, -0.2) is 4.79 Å². The van der Waals surface area contributed by atoms with Crippen molar-refractivity contribution in [2.45, 2.75) is 6.92 Å². The minimum absolute atomic E-state index is 0.160. The first-order valence-electron chi connectivity index (χ1n) is 3.34. The second-order valence-electron chi connectivity index (χ2n) is 2.54. The lowest BCUT2D eigenvalue weighted by Gasteiger charge is -2.03. The Balaban J connectivity index is 3.37. The fraction of sp³-hybridized carbons (Fsp3) is 0.125. The van der Waals surface area contributed by atoms with Gasteiger partial charge in [0.15, 0.2) is 0 Å².